The molecule has 9 heteroatoms. The third-order valence-electron chi connectivity index (χ3n) is 4.35. The van der Waals surface area contributed by atoms with Crippen molar-refractivity contribution >= 4 is 51.7 Å². The summed E-state index contributed by atoms with van der Waals surface area (Å²) in [5.74, 6) is -0.544. The molecule has 1 heterocycles. The molecule has 3 aromatic rings. The summed E-state index contributed by atoms with van der Waals surface area (Å²) in [5.41, 5.74) is 1.64. The summed E-state index contributed by atoms with van der Waals surface area (Å²) in [6.07, 6.45) is -1.06. The fourth-order valence-corrected chi connectivity index (χ4v) is 3.40. The molecule has 1 aromatic heterocycles. The minimum absolute atomic E-state index is 0.213. The highest BCUT2D eigenvalue weighted by Crippen LogP contribution is 2.37. The summed E-state index contributed by atoms with van der Waals surface area (Å²) in [5, 5.41) is 3.94. The average molecular weight is 463 g/mol. The number of fused-ring (bicyclic) bond motifs is 1. The first-order valence-electron chi connectivity index (χ1n) is 9.31. The molecule has 7 nitrogen and oxygen atoms in total. The zero-order valence-electron chi connectivity index (χ0n) is 17.1. The summed E-state index contributed by atoms with van der Waals surface area (Å²) in [4.78, 5) is 29.0. The van der Waals surface area contributed by atoms with Gasteiger partial charge >= 0.3 is 5.97 Å². The second kappa shape index (κ2) is 9.85. The molecule has 31 heavy (non-hydrogen) atoms. The number of aryl methyl sites for hydroxylation is 1. The van der Waals surface area contributed by atoms with Gasteiger partial charge in [-0.05, 0) is 44.2 Å². The highest BCUT2D eigenvalue weighted by Gasteiger charge is 2.21. The number of aromatic nitrogens is 1. The van der Waals surface area contributed by atoms with E-state index < -0.39 is 24.6 Å². The van der Waals surface area contributed by atoms with E-state index in [1.54, 1.807) is 30.3 Å². The molecule has 0 aliphatic rings. The van der Waals surface area contributed by atoms with E-state index in [1.165, 1.54) is 20.1 Å². The standard InChI is InChI=1S/C22H20Cl2N2O5/c1-12-8-9-14-15(23)10-16(24)21(20(14)25-12)30-11-19(27)31-13(2)22(28)26-17-6-4-5-7-18(17)29-3/h4-10,13H,11H2,1-3H3,(H,26,28). The molecule has 0 bridgehead atoms. The van der Waals surface area contributed by atoms with Crippen LogP contribution >= 0.6 is 23.2 Å². The Morgan fingerprint density at radius 1 is 1.13 bits per heavy atom. The molecule has 0 radical (unpaired) electrons. The largest absolute Gasteiger partial charge is 0.495 e. The maximum Gasteiger partial charge on any atom is 0.344 e. The van der Waals surface area contributed by atoms with Gasteiger partial charge in [0.05, 0.1) is 22.8 Å². The van der Waals surface area contributed by atoms with Crippen LogP contribution in [0.2, 0.25) is 10.0 Å². The van der Waals surface area contributed by atoms with Gasteiger partial charge in [0.15, 0.2) is 18.5 Å². The van der Waals surface area contributed by atoms with E-state index in [0.29, 0.717) is 27.4 Å². The van der Waals surface area contributed by atoms with Gasteiger partial charge in [0.2, 0.25) is 0 Å². The second-order valence-corrected chi connectivity index (χ2v) is 7.44. The van der Waals surface area contributed by atoms with Gasteiger partial charge in [-0.2, -0.15) is 0 Å². The van der Waals surface area contributed by atoms with Gasteiger partial charge in [-0.3, -0.25) is 4.79 Å². The zero-order chi connectivity index (χ0) is 22.5. The predicted octanol–water partition coefficient (Wildman–Crippen LogP) is 4.81. The predicted molar refractivity (Wildman–Crippen MR) is 119 cm³/mol. The number of benzene rings is 2. The number of rotatable bonds is 7. The normalized spacial score (nSPS) is 11.6. The maximum atomic E-state index is 12.4. The molecular formula is C22H20Cl2N2O5. The van der Waals surface area contributed by atoms with E-state index in [0.717, 1.165) is 5.69 Å². The Hall–Kier alpha value is -3.03. The third kappa shape index (κ3) is 5.37. The molecule has 0 saturated heterocycles. The highest BCUT2D eigenvalue weighted by molar-refractivity contribution is 6.39. The van der Waals surface area contributed by atoms with E-state index in [1.807, 2.05) is 13.0 Å². The third-order valence-corrected chi connectivity index (χ3v) is 4.95. The number of para-hydroxylation sites is 2. The van der Waals surface area contributed by atoms with Crippen molar-refractivity contribution in [2.45, 2.75) is 20.0 Å². The van der Waals surface area contributed by atoms with E-state index in [9.17, 15) is 9.59 Å². The first-order valence-corrected chi connectivity index (χ1v) is 10.1. The van der Waals surface area contributed by atoms with Crippen molar-refractivity contribution in [3.63, 3.8) is 0 Å². The van der Waals surface area contributed by atoms with Crippen LogP contribution in [0.4, 0.5) is 5.69 Å². The van der Waals surface area contributed by atoms with Gasteiger partial charge in [-0.1, -0.05) is 35.3 Å². The Balaban J connectivity index is 1.65. The van der Waals surface area contributed by atoms with Crippen LogP contribution < -0.4 is 14.8 Å². The van der Waals surface area contributed by atoms with E-state index >= 15 is 0 Å². The van der Waals surface area contributed by atoms with Crippen molar-refractivity contribution in [3.05, 3.63) is 58.2 Å². The van der Waals surface area contributed by atoms with Crippen LogP contribution in [0.15, 0.2) is 42.5 Å². The van der Waals surface area contributed by atoms with Crippen LogP contribution in [0, 0.1) is 6.92 Å². The van der Waals surface area contributed by atoms with Crippen LogP contribution in [0.5, 0.6) is 11.5 Å². The van der Waals surface area contributed by atoms with Gasteiger partial charge < -0.3 is 19.5 Å². The number of hydrogen-bond donors (Lipinski definition) is 1. The molecule has 2 aromatic carbocycles. The fraction of sp³-hybridized carbons (Fsp3) is 0.227. The van der Waals surface area contributed by atoms with Gasteiger partial charge in [-0.15, -0.1) is 0 Å². The summed E-state index contributed by atoms with van der Waals surface area (Å²) < 4.78 is 15.9. The van der Waals surface area contributed by atoms with E-state index in [2.05, 4.69) is 10.3 Å². The highest BCUT2D eigenvalue weighted by atomic mass is 35.5. The number of pyridine rings is 1. The van der Waals surface area contributed by atoms with Crippen molar-refractivity contribution in [2.24, 2.45) is 0 Å². The Bertz CT molecular complexity index is 1140. The number of nitrogens with zero attached hydrogens (tertiary/aromatic N) is 1. The monoisotopic (exact) mass is 462 g/mol. The lowest BCUT2D eigenvalue weighted by Gasteiger charge is -2.16. The van der Waals surface area contributed by atoms with Crippen LogP contribution in [0.25, 0.3) is 10.9 Å². The molecule has 3 rings (SSSR count). The Morgan fingerprint density at radius 2 is 1.87 bits per heavy atom. The number of hydrogen-bond acceptors (Lipinski definition) is 6. The first kappa shape index (κ1) is 22.7. The minimum Gasteiger partial charge on any atom is -0.495 e. The quantitative estimate of drug-likeness (QED) is 0.507. The van der Waals surface area contributed by atoms with Crippen LogP contribution in [0.1, 0.15) is 12.6 Å². The first-order chi connectivity index (χ1) is 14.8. The zero-order valence-corrected chi connectivity index (χ0v) is 18.6. The lowest BCUT2D eigenvalue weighted by Crippen LogP contribution is -2.31. The van der Waals surface area contributed by atoms with Gasteiger partial charge in [0.25, 0.3) is 5.91 Å². The van der Waals surface area contributed by atoms with E-state index in [4.69, 9.17) is 37.4 Å². The molecule has 0 saturated carbocycles. The lowest BCUT2D eigenvalue weighted by atomic mass is 10.2. The van der Waals surface area contributed by atoms with Crippen LogP contribution in [-0.4, -0.2) is 36.7 Å². The van der Waals surface area contributed by atoms with Crippen molar-refractivity contribution in [1.82, 2.24) is 4.98 Å². The molecule has 0 fully saturated rings. The van der Waals surface area contributed by atoms with Gasteiger partial charge in [0, 0.05) is 11.1 Å². The number of ether oxygens (including phenoxy) is 3. The average Bonchev–Trinajstić information content (AvgIpc) is 2.73. The Kier molecular flexibility index (Phi) is 7.20. The number of esters is 1. The van der Waals surface area contributed by atoms with Crippen molar-refractivity contribution in [2.75, 3.05) is 19.0 Å². The minimum atomic E-state index is -1.06. The van der Waals surface area contributed by atoms with E-state index in [-0.39, 0.29) is 10.8 Å². The number of carbonyl (C=O) groups is 2. The number of amides is 1. The van der Waals surface area contributed by atoms with Gasteiger partial charge in [-0.25, -0.2) is 9.78 Å². The lowest BCUT2D eigenvalue weighted by molar-refractivity contribution is -0.155. The summed E-state index contributed by atoms with van der Waals surface area (Å²) >= 11 is 12.5. The molecule has 1 unspecified atom stereocenters. The number of halogens is 2. The molecular weight excluding hydrogens is 443 g/mol. The summed E-state index contributed by atoms with van der Waals surface area (Å²) in [6.45, 7) is 2.81. The van der Waals surface area contributed by atoms with Gasteiger partial charge in [0.1, 0.15) is 11.3 Å². The molecule has 1 N–H and O–H groups in total. The van der Waals surface area contributed by atoms with Crippen LogP contribution in [-0.2, 0) is 14.3 Å². The van der Waals surface area contributed by atoms with Crippen molar-refractivity contribution in [3.8, 4) is 11.5 Å². The number of anilines is 1. The topological polar surface area (TPSA) is 86.8 Å². The Labute approximate surface area is 189 Å². The number of nitrogens with one attached hydrogen (secondary N) is 1. The fourth-order valence-electron chi connectivity index (χ4n) is 2.83. The number of methoxy groups -OCH3 is 1. The maximum absolute atomic E-state index is 12.4. The second-order valence-electron chi connectivity index (χ2n) is 6.63. The molecule has 0 aliphatic carbocycles. The van der Waals surface area contributed by atoms with Crippen LogP contribution in [0.3, 0.4) is 0 Å². The smallest absolute Gasteiger partial charge is 0.344 e. The number of carbonyl (C=O) groups excluding carboxylic acids is 2. The molecule has 1 atom stereocenters. The molecule has 0 spiro atoms. The molecule has 0 aliphatic heterocycles. The van der Waals surface area contributed by atoms with Crippen molar-refractivity contribution in [1.29, 1.82) is 0 Å². The molecule has 1 amide bonds. The summed E-state index contributed by atoms with van der Waals surface area (Å²) in [7, 11) is 1.49. The molecule has 162 valence electrons. The summed E-state index contributed by atoms with van der Waals surface area (Å²) in [6, 6.07) is 12.0. The SMILES string of the molecule is COc1ccccc1NC(=O)C(C)OC(=O)COc1c(Cl)cc(Cl)c2ccc(C)nc12. The Morgan fingerprint density at radius 3 is 2.61 bits per heavy atom. The van der Waals surface area contributed by atoms with Crippen molar-refractivity contribution < 1.29 is 23.8 Å².